The van der Waals surface area contributed by atoms with Gasteiger partial charge in [0.2, 0.25) is 0 Å². The third kappa shape index (κ3) is 3.20. The van der Waals surface area contributed by atoms with Gasteiger partial charge in [-0.15, -0.1) is 0 Å². The molecule has 2 rings (SSSR count). The molecular formula is C13H16F3N3O. The van der Waals surface area contributed by atoms with Crippen LogP contribution in [0.25, 0.3) is 0 Å². The second-order valence-corrected chi connectivity index (χ2v) is 4.77. The summed E-state index contributed by atoms with van der Waals surface area (Å²) in [6, 6.07) is 4.97. The average molecular weight is 287 g/mol. The number of pyridine rings is 1. The van der Waals surface area contributed by atoms with Crippen LogP contribution in [0.3, 0.4) is 0 Å². The highest BCUT2D eigenvalue weighted by Crippen LogP contribution is 2.34. The monoisotopic (exact) mass is 287 g/mol. The SMILES string of the molecule is CNc1cccc(C(=O)N2CCC(C(F)(F)F)CC2)n1. The Hall–Kier alpha value is -1.79. The molecule has 1 N–H and O–H groups in total. The Kier molecular flexibility index (Phi) is 4.15. The highest BCUT2D eigenvalue weighted by atomic mass is 19.4. The first-order valence-corrected chi connectivity index (χ1v) is 6.42. The van der Waals surface area contributed by atoms with Crippen LogP contribution >= 0.6 is 0 Å². The largest absolute Gasteiger partial charge is 0.391 e. The fourth-order valence-corrected chi connectivity index (χ4v) is 2.26. The van der Waals surface area contributed by atoms with E-state index in [1.807, 2.05) is 0 Å². The minimum Gasteiger partial charge on any atom is -0.373 e. The number of piperidine rings is 1. The molecule has 0 spiro atoms. The van der Waals surface area contributed by atoms with Crippen molar-refractivity contribution in [2.24, 2.45) is 5.92 Å². The lowest BCUT2D eigenvalue weighted by molar-refractivity contribution is -0.183. The van der Waals surface area contributed by atoms with Crippen molar-refractivity contribution >= 4 is 11.7 Å². The zero-order valence-electron chi connectivity index (χ0n) is 11.1. The minimum absolute atomic E-state index is 0.0407. The van der Waals surface area contributed by atoms with E-state index in [2.05, 4.69) is 10.3 Å². The summed E-state index contributed by atoms with van der Waals surface area (Å²) in [5.41, 5.74) is 0.252. The number of carbonyl (C=O) groups excluding carboxylic acids is 1. The van der Waals surface area contributed by atoms with Crippen molar-refractivity contribution in [1.29, 1.82) is 0 Å². The van der Waals surface area contributed by atoms with Gasteiger partial charge in [-0.2, -0.15) is 13.2 Å². The summed E-state index contributed by atoms with van der Waals surface area (Å²) >= 11 is 0. The molecule has 20 heavy (non-hydrogen) atoms. The van der Waals surface area contributed by atoms with Gasteiger partial charge in [-0.05, 0) is 25.0 Å². The Balaban J connectivity index is 2.01. The van der Waals surface area contributed by atoms with Gasteiger partial charge >= 0.3 is 6.18 Å². The van der Waals surface area contributed by atoms with Crippen molar-refractivity contribution in [3.63, 3.8) is 0 Å². The van der Waals surface area contributed by atoms with Crippen LogP contribution in [0.15, 0.2) is 18.2 Å². The quantitative estimate of drug-likeness (QED) is 0.909. The molecule has 0 atom stereocenters. The number of hydrogen-bond acceptors (Lipinski definition) is 3. The summed E-state index contributed by atoms with van der Waals surface area (Å²) in [4.78, 5) is 17.7. The molecule has 7 heteroatoms. The Morgan fingerprint density at radius 3 is 2.55 bits per heavy atom. The van der Waals surface area contributed by atoms with E-state index >= 15 is 0 Å². The minimum atomic E-state index is -4.17. The number of nitrogens with one attached hydrogen (secondary N) is 1. The van der Waals surface area contributed by atoms with Crippen molar-refractivity contribution in [1.82, 2.24) is 9.88 Å². The number of aromatic nitrogens is 1. The number of carbonyl (C=O) groups is 1. The average Bonchev–Trinajstić information content (AvgIpc) is 2.46. The van der Waals surface area contributed by atoms with Gasteiger partial charge in [0.15, 0.2) is 0 Å². The normalized spacial score (nSPS) is 17.1. The van der Waals surface area contributed by atoms with E-state index < -0.39 is 12.1 Å². The summed E-state index contributed by atoms with van der Waals surface area (Å²) in [7, 11) is 1.69. The summed E-state index contributed by atoms with van der Waals surface area (Å²) in [6.45, 7) is 0.239. The van der Waals surface area contributed by atoms with Gasteiger partial charge in [0, 0.05) is 20.1 Å². The van der Waals surface area contributed by atoms with Crippen LogP contribution in [0.5, 0.6) is 0 Å². The van der Waals surface area contributed by atoms with E-state index in [-0.39, 0.29) is 37.5 Å². The molecule has 2 heterocycles. The first-order valence-electron chi connectivity index (χ1n) is 6.42. The maximum absolute atomic E-state index is 12.6. The fourth-order valence-electron chi connectivity index (χ4n) is 2.26. The lowest BCUT2D eigenvalue weighted by atomic mass is 9.96. The van der Waals surface area contributed by atoms with Gasteiger partial charge in [-0.25, -0.2) is 4.98 Å². The van der Waals surface area contributed by atoms with Crippen LogP contribution in [-0.2, 0) is 0 Å². The van der Waals surface area contributed by atoms with Crippen molar-refractivity contribution < 1.29 is 18.0 Å². The molecule has 1 aliphatic heterocycles. The Morgan fingerprint density at radius 2 is 2.00 bits per heavy atom. The number of hydrogen-bond donors (Lipinski definition) is 1. The second-order valence-electron chi connectivity index (χ2n) is 4.77. The standard InChI is InChI=1S/C13H16F3N3O/c1-17-11-4-2-3-10(18-11)12(20)19-7-5-9(6-8-19)13(14,15)16/h2-4,9H,5-8H2,1H3,(H,17,18). The highest BCUT2D eigenvalue weighted by molar-refractivity contribution is 5.92. The van der Waals surface area contributed by atoms with E-state index in [9.17, 15) is 18.0 Å². The van der Waals surface area contributed by atoms with Crippen molar-refractivity contribution in [2.45, 2.75) is 19.0 Å². The molecule has 1 fully saturated rings. The summed E-state index contributed by atoms with van der Waals surface area (Å²) < 4.78 is 37.7. The number of alkyl halides is 3. The second kappa shape index (κ2) is 5.68. The van der Waals surface area contributed by atoms with Crippen LogP contribution in [0.1, 0.15) is 23.3 Å². The lowest BCUT2D eigenvalue weighted by Gasteiger charge is -2.32. The third-order valence-corrected chi connectivity index (χ3v) is 3.47. The maximum Gasteiger partial charge on any atom is 0.391 e. The van der Waals surface area contributed by atoms with E-state index in [0.717, 1.165) is 0 Å². The van der Waals surface area contributed by atoms with E-state index in [1.165, 1.54) is 4.90 Å². The molecule has 1 aromatic heterocycles. The molecule has 1 aliphatic rings. The number of likely N-dealkylation sites (tertiary alicyclic amines) is 1. The van der Waals surface area contributed by atoms with E-state index in [1.54, 1.807) is 25.2 Å². The zero-order valence-corrected chi connectivity index (χ0v) is 11.1. The lowest BCUT2D eigenvalue weighted by Crippen LogP contribution is -2.42. The molecule has 110 valence electrons. The fraction of sp³-hybridized carbons (Fsp3) is 0.538. The molecule has 1 amide bonds. The number of anilines is 1. The van der Waals surface area contributed by atoms with Crippen molar-refractivity contribution in [3.8, 4) is 0 Å². The highest BCUT2D eigenvalue weighted by Gasteiger charge is 2.41. The molecule has 0 radical (unpaired) electrons. The van der Waals surface area contributed by atoms with Crippen LogP contribution in [0.2, 0.25) is 0 Å². The van der Waals surface area contributed by atoms with Crippen molar-refractivity contribution in [2.75, 3.05) is 25.5 Å². The summed E-state index contributed by atoms with van der Waals surface area (Å²) in [5, 5.41) is 2.82. The topological polar surface area (TPSA) is 45.2 Å². The van der Waals surface area contributed by atoms with Gasteiger partial charge in [0.05, 0.1) is 5.92 Å². The molecule has 0 unspecified atom stereocenters. The Bertz CT molecular complexity index is 482. The Morgan fingerprint density at radius 1 is 1.35 bits per heavy atom. The summed E-state index contributed by atoms with van der Waals surface area (Å²) in [5.74, 6) is -1.06. The van der Waals surface area contributed by atoms with Gasteiger partial charge in [0.1, 0.15) is 11.5 Å². The van der Waals surface area contributed by atoms with Crippen LogP contribution in [-0.4, -0.2) is 42.1 Å². The molecule has 0 bridgehead atoms. The van der Waals surface area contributed by atoms with Crippen LogP contribution in [0, 0.1) is 5.92 Å². The predicted molar refractivity (Wildman–Crippen MR) is 68.5 cm³/mol. The smallest absolute Gasteiger partial charge is 0.373 e. The predicted octanol–water partition coefficient (Wildman–Crippen LogP) is 2.54. The molecule has 4 nitrogen and oxygen atoms in total. The molecule has 0 saturated carbocycles. The maximum atomic E-state index is 12.6. The van der Waals surface area contributed by atoms with E-state index in [0.29, 0.717) is 5.82 Å². The van der Waals surface area contributed by atoms with Gasteiger partial charge in [-0.1, -0.05) is 6.07 Å². The number of rotatable bonds is 2. The van der Waals surface area contributed by atoms with E-state index in [4.69, 9.17) is 0 Å². The molecule has 0 aliphatic carbocycles. The number of amides is 1. The summed E-state index contributed by atoms with van der Waals surface area (Å²) in [6.07, 6.45) is -4.25. The van der Waals surface area contributed by atoms with Gasteiger partial charge < -0.3 is 10.2 Å². The molecular weight excluding hydrogens is 271 g/mol. The van der Waals surface area contributed by atoms with Crippen molar-refractivity contribution in [3.05, 3.63) is 23.9 Å². The third-order valence-electron chi connectivity index (χ3n) is 3.47. The first-order chi connectivity index (χ1) is 9.41. The number of nitrogens with zero attached hydrogens (tertiary/aromatic N) is 2. The first kappa shape index (κ1) is 14.6. The van der Waals surface area contributed by atoms with Gasteiger partial charge in [-0.3, -0.25) is 4.79 Å². The van der Waals surface area contributed by atoms with Crippen LogP contribution < -0.4 is 5.32 Å². The molecule has 1 saturated heterocycles. The molecule has 1 aromatic rings. The zero-order chi connectivity index (χ0) is 14.8. The molecule has 0 aromatic carbocycles. The van der Waals surface area contributed by atoms with Crippen LogP contribution in [0.4, 0.5) is 19.0 Å². The Labute approximate surface area is 115 Å². The number of halogens is 3. The van der Waals surface area contributed by atoms with Gasteiger partial charge in [0.25, 0.3) is 5.91 Å².